The van der Waals surface area contributed by atoms with Crippen LogP contribution in [0.5, 0.6) is 17.2 Å². The first-order valence-corrected chi connectivity index (χ1v) is 9.40. The van der Waals surface area contributed by atoms with Crippen molar-refractivity contribution in [2.45, 2.75) is 46.0 Å². The minimum atomic E-state index is -0.387. The van der Waals surface area contributed by atoms with Gasteiger partial charge in [0.2, 0.25) is 0 Å². The van der Waals surface area contributed by atoms with Crippen LogP contribution in [-0.4, -0.2) is 19.2 Å². The van der Waals surface area contributed by atoms with E-state index in [1.54, 1.807) is 36.4 Å². The van der Waals surface area contributed by atoms with Gasteiger partial charge in [-0.1, -0.05) is 33.1 Å². The van der Waals surface area contributed by atoms with E-state index < -0.39 is 0 Å². The Bertz CT molecular complexity index is 647. The molecular formula is C22H28O4. The second-order valence-corrected chi connectivity index (χ2v) is 6.14. The lowest BCUT2D eigenvalue weighted by molar-refractivity contribution is 0.0734. The normalized spacial score (nSPS) is 10.4. The fourth-order valence-electron chi connectivity index (χ4n) is 2.33. The maximum atomic E-state index is 12.2. The number of hydrogen-bond donors (Lipinski definition) is 0. The van der Waals surface area contributed by atoms with E-state index in [-0.39, 0.29) is 5.97 Å². The molecule has 2 aromatic carbocycles. The standard InChI is InChI=1S/C22H28O4/c1-3-5-7-17-25-19-10-8-18(9-11-19)22(23)26-21-14-12-20(13-15-21)24-16-6-4-2/h8-15H,3-7,16-17H2,1-2H3. The van der Waals surface area contributed by atoms with Gasteiger partial charge in [-0.3, -0.25) is 0 Å². The van der Waals surface area contributed by atoms with Gasteiger partial charge < -0.3 is 14.2 Å². The van der Waals surface area contributed by atoms with Gasteiger partial charge >= 0.3 is 5.97 Å². The van der Waals surface area contributed by atoms with Crippen LogP contribution < -0.4 is 14.2 Å². The fraction of sp³-hybridized carbons (Fsp3) is 0.409. The van der Waals surface area contributed by atoms with E-state index in [9.17, 15) is 4.79 Å². The Labute approximate surface area is 156 Å². The molecule has 0 aromatic heterocycles. The van der Waals surface area contributed by atoms with Gasteiger partial charge in [0.25, 0.3) is 0 Å². The van der Waals surface area contributed by atoms with Gasteiger partial charge in [0.05, 0.1) is 18.8 Å². The lowest BCUT2D eigenvalue weighted by atomic mass is 10.2. The third-order valence-electron chi connectivity index (χ3n) is 3.91. The van der Waals surface area contributed by atoms with Crippen LogP contribution in [0.15, 0.2) is 48.5 Å². The highest BCUT2D eigenvalue weighted by Crippen LogP contribution is 2.20. The number of carbonyl (C=O) groups is 1. The zero-order chi connectivity index (χ0) is 18.6. The number of rotatable bonds is 11. The molecule has 0 aliphatic heterocycles. The Morgan fingerprint density at radius 2 is 1.19 bits per heavy atom. The van der Waals surface area contributed by atoms with Crippen LogP contribution >= 0.6 is 0 Å². The third kappa shape index (κ3) is 6.79. The lowest BCUT2D eigenvalue weighted by Gasteiger charge is -2.08. The van der Waals surface area contributed by atoms with Gasteiger partial charge in [-0.2, -0.15) is 0 Å². The van der Waals surface area contributed by atoms with Crippen LogP contribution in [-0.2, 0) is 0 Å². The van der Waals surface area contributed by atoms with Crippen molar-refractivity contribution in [3.8, 4) is 17.2 Å². The lowest BCUT2D eigenvalue weighted by Crippen LogP contribution is -2.08. The summed E-state index contributed by atoms with van der Waals surface area (Å²) in [6.07, 6.45) is 5.48. The van der Waals surface area contributed by atoms with Gasteiger partial charge in [0, 0.05) is 0 Å². The molecule has 0 amide bonds. The first kappa shape index (κ1) is 19.8. The van der Waals surface area contributed by atoms with Crippen molar-refractivity contribution in [1.82, 2.24) is 0 Å². The number of hydrogen-bond acceptors (Lipinski definition) is 4. The molecule has 0 unspecified atom stereocenters. The van der Waals surface area contributed by atoms with Crippen LogP contribution in [0.2, 0.25) is 0 Å². The van der Waals surface area contributed by atoms with Crippen molar-refractivity contribution in [2.75, 3.05) is 13.2 Å². The average molecular weight is 356 g/mol. The van der Waals surface area contributed by atoms with E-state index in [1.165, 1.54) is 6.42 Å². The Morgan fingerprint density at radius 3 is 1.77 bits per heavy atom. The maximum Gasteiger partial charge on any atom is 0.343 e. The van der Waals surface area contributed by atoms with E-state index in [1.807, 2.05) is 12.1 Å². The van der Waals surface area contributed by atoms with E-state index in [4.69, 9.17) is 14.2 Å². The second-order valence-electron chi connectivity index (χ2n) is 6.14. The fourth-order valence-corrected chi connectivity index (χ4v) is 2.33. The van der Waals surface area contributed by atoms with Crippen LogP contribution in [0.1, 0.15) is 56.3 Å². The van der Waals surface area contributed by atoms with Gasteiger partial charge in [-0.05, 0) is 61.4 Å². The summed E-state index contributed by atoms with van der Waals surface area (Å²) in [7, 11) is 0. The minimum absolute atomic E-state index is 0.387. The van der Waals surface area contributed by atoms with E-state index in [0.29, 0.717) is 24.5 Å². The van der Waals surface area contributed by atoms with Crippen molar-refractivity contribution >= 4 is 5.97 Å². The molecule has 0 saturated heterocycles. The van der Waals surface area contributed by atoms with Gasteiger partial charge in [-0.15, -0.1) is 0 Å². The molecule has 0 aliphatic rings. The highest BCUT2D eigenvalue weighted by atomic mass is 16.5. The third-order valence-corrected chi connectivity index (χ3v) is 3.91. The molecule has 0 atom stereocenters. The first-order chi connectivity index (χ1) is 12.7. The minimum Gasteiger partial charge on any atom is -0.494 e. The van der Waals surface area contributed by atoms with Crippen LogP contribution in [0.4, 0.5) is 0 Å². The zero-order valence-corrected chi connectivity index (χ0v) is 15.7. The van der Waals surface area contributed by atoms with Crippen molar-refractivity contribution in [2.24, 2.45) is 0 Å². The van der Waals surface area contributed by atoms with Crippen LogP contribution in [0.25, 0.3) is 0 Å². The van der Waals surface area contributed by atoms with Gasteiger partial charge in [0.15, 0.2) is 0 Å². The molecule has 0 saturated carbocycles. The predicted octanol–water partition coefficient (Wildman–Crippen LogP) is 5.65. The first-order valence-electron chi connectivity index (χ1n) is 9.40. The summed E-state index contributed by atoms with van der Waals surface area (Å²) in [6, 6.07) is 14.1. The molecular weight excluding hydrogens is 328 g/mol. The second kappa shape index (κ2) is 11.2. The number of benzene rings is 2. The smallest absolute Gasteiger partial charge is 0.343 e. The Balaban J connectivity index is 1.83. The number of unbranched alkanes of at least 4 members (excludes halogenated alkanes) is 3. The summed E-state index contributed by atoms with van der Waals surface area (Å²) < 4.78 is 16.6. The van der Waals surface area contributed by atoms with Crippen molar-refractivity contribution in [3.05, 3.63) is 54.1 Å². The number of carbonyl (C=O) groups excluding carboxylic acids is 1. The van der Waals surface area contributed by atoms with Crippen molar-refractivity contribution in [3.63, 3.8) is 0 Å². The van der Waals surface area contributed by atoms with Crippen molar-refractivity contribution in [1.29, 1.82) is 0 Å². The van der Waals surface area contributed by atoms with Crippen LogP contribution in [0, 0.1) is 0 Å². The molecule has 0 N–H and O–H groups in total. The van der Waals surface area contributed by atoms with E-state index >= 15 is 0 Å². The Kier molecular flexibility index (Phi) is 8.53. The summed E-state index contributed by atoms with van der Waals surface area (Å²) in [5.74, 6) is 1.66. The molecule has 4 heteroatoms. The topological polar surface area (TPSA) is 44.8 Å². The molecule has 0 spiro atoms. The Hall–Kier alpha value is -2.49. The predicted molar refractivity (Wildman–Crippen MR) is 103 cm³/mol. The number of esters is 1. The van der Waals surface area contributed by atoms with Gasteiger partial charge in [0.1, 0.15) is 17.2 Å². The summed E-state index contributed by atoms with van der Waals surface area (Å²) in [5.41, 5.74) is 0.495. The molecule has 0 heterocycles. The summed E-state index contributed by atoms with van der Waals surface area (Å²) >= 11 is 0. The van der Waals surface area contributed by atoms with E-state index in [2.05, 4.69) is 13.8 Å². The molecule has 0 aliphatic carbocycles. The zero-order valence-electron chi connectivity index (χ0n) is 15.7. The highest BCUT2D eigenvalue weighted by Gasteiger charge is 2.09. The molecule has 26 heavy (non-hydrogen) atoms. The summed E-state index contributed by atoms with van der Waals surface area (Å²) in [5, 5.41) is 0. The summed E-state index contributed by atoms with van der Waals surface area (Å²) in [6.45, 7) is 5.68. The van der Waals surface area contributed by atoms with Crippen molar-refractivity contribution < 1.29 is 19.0 Å². The molecule has 0 fully saturated rings. The largest absolute Gasteiger partial charge is 0.494 e. The summed E-state index contributed by atoms with van der Waals surface area (Å²) in [4.78, 5) is 12.2. The monoisotopic (exact) mass is 356 g/mol. The highest BCUT2D eigenvalue weighted by molar-refractivity contribution is 5.91. The maximum absolute atomic E-state index is 12.2. The van der Waals surface area contributed by atoms with E-state index in [0.717, 1.165) is 37.2 Å². The SMILES string of the molecule is CCCCCOc1ccc(C(=O)Oc2ccc(OCCCC)cc2)cc1. The molecule has 2 aromatic rings. The molecule has 0 radical (unpaired) electrons. The molecule has 4 nitrogen and oxygen atoms in total. The molecule has 140 valence electrons. The van der Waals surface area contributed by atoms with Crippen LogP contribution in [0.3, 0.4) is 0 Å². The van der Waals surface area contributed by atoms with Gasteiger partial charge in [-0.25, -0.2) is 4.79 Å². The quantitative estimate of drug-likeness (QED) is 0.296. The number of ether oxygens (including phenoxy) is 3. The average Bonchev–Trinajstić information content (AvgIpc) is 2.67. The Morgan fingerprint density at radius 1 is 0.692 bits per heavy atom. The molecule has 0 bridgehead atoms. The molecule has 2 rings (SSSR count).